The molecule has 28 heavy (non-hydrogen) atoms. The van der Waals surface area contributed by atoms with Gasteiger partial charge in [-0.05, 0) is 49.2 Å². The van der Waals surface area contributed by atoms with Crippen molar-refractivity contribution < 1.29 is 0 Å². The second-order valence-electron chi connectivity index (χ2n) is 7.13. The fourth-order valence-corrected chi connectivity index (χ4v) is 4.49. The van der Waals surface area contributed by atoms with E-state index in [-0.39, 0.29) is 5.56 Å². The highest BCUT2D eigenvalue weighted by atomic mass is 35.5. The lowest BCUT2D eigenvalue weighted by Gasteiger charge is -2.43. The first kappa shape index (κ1) is 19.2. The molecule has 3 aromatic rings. The molecule has 144 valence electrons. The zero-order valence-corrected chi connectivity index (χ0v) is 16.9. The second-order valence-corrected chi connectivity index (χ2v) is 7.95. The summed E-state index contributed by atoms with van der Waals surface area (Å²) in [4.78, 5) is 21.8. The molecule has 2 aromatic carbocycles. The van der Waals surface area contributed by atoms with Gasteiger partial charge in [0.1, 0.15) is 0 Å². The maximum absolute atomic E-state index is 12.5. The van der Waals surface area contributed by atoms with Gasteiger partial charge >= 0.3 is 0 Å². The van der Waals surface area contributed by atoms with Crippen LogP contribution in [0.25, 0.3) is 0 Å². The van der Waals surface area contributed by atoms with Crippen LogP contribution in [0.5, 0.6) is 0 Å². The topological polar surface area (TPSA) is 49.0 Å². The Morgan fingerprint density at radius 2 is 1.75 bits per heavy atom. The third-order valence-corrected chi connectivity index (χ3v) is 6.27. The summed E-state index contributed by atoms with van der Waals surface area (Å²) in [6.45, 7) is 1.90. The van der Waals surface area contributed by atoms with Crippen molar-refractivity contribution >= 4 is 23.2 Å². The molecule has 1 saturated heterocycles. The van der Waals surface area contributed by atoms with Crippen molar-refractivity contribution in [1.29, 1.82) is 0 Å². The molecule has 4 nitrogen and oxygen atoms in total. The van der Waals surface area contributed by atoms with Gasteiger partial charge in [-0.1, -0.05) is 59.6 Å². The summed E-state index contributed by atoms with van der Waals surface area (Å²) in [5.74, 6) is 0. The summed E-state index contributed by atoms with van der Waals surface area (Å²) in [5, 5.41) is 1.03. The van der Waals surface area contributed by atoms with E-state index in [9.17, 15) is 4.79 Å². The average Bonchev–Trinajstić information content (AvgIpc) is 3.25. The van der Waals surface area contributed by atoms with E-state index in [1.54, 1.807) is 6.20 Å². The molecule has 1 aliphatic heterocycles. The lowest BCUT2D eigenvalue weighted by molar-refractivity contribution is 0.156. The van der Waals surface area contributed by atoms with Gasteiger partial charge < -0.3 is 4.98 Å². The van der Waals surface area contributed by atoms with Gasteiger partial charge in [-0.15, -0.1) is 0 Å². The molecule has 1 N–H and O–H groups in total. The first-order chi connectivity index (χ1) is 13.6. The van der Waals surface area contributed by atoms with E-state index in [1.165, 1.54) is 6.33 Å². The van der Waals surface area contributed by atoms with E-state index in [2.05, 4.69) is 27.0 Å². The van der Waals surface area contributed by atoms with Crippen LogP contribution in [0, 0.1) is 0 Å². The summed E-state index contributed by atoms with van der Waals surface area (Å²) in [5.41, 5.74) is 2.15. The van der Waals surface area contributed by atoms with Crippen LogP contribution in [-0.2, 0) is 12.0 Å². The van der Waals surface area contributed by atoms with Crippen LogP contribution in [0.4, 0.5) is 0 Å². The molecule has 0 amide bonds. The van der Waals surface area contributed by atoms with Crippen molar-refractivity contribution in [1.82, 2.24) is 14.9 Å². The molecule has 0 aliphatic carbocycles. The summed E-state index contributed by atoms with van der Waals surface area (Å²) in [6.07, 6.45) is 5.83. The van der Waals surface area contributed by atoms with Crippen molar-refractivity contribution in [2.24, 2.45) is 0 Å². The number of hydrogen-bond donors (Lipinski definition) is 1. The first-order valence-corrected chi connectivity index (χ1v) is 10.1. The fraction of sp³-hybridized carbons (Fsp3) is 0.273. The number of nitrogens with one attached hydrogen (secondary N) is 1. The summed E-state index contributed by atoms with van der Waals surface area (Å²) >= 11 is 12.6. The standard InChI is InChI=1S/C22H21Cl2N3O/c23-19-9-8-18(12-20(19)24)22(27-10-4-5-11-27,17-6-2-1-3-7-17)13-16-14-25-15-26-21(16)28/h1-3,6-9,12,14-15H,4-5,10-11,13H2,(H,25,26,28). The SMILES string of the molecule is O=c1[nH]cncc1CC(c1ccccc1)(c1ccc(Cl)c(Cl)c1)N1CCCC1. The number of aromatic amines is 1. The minimum absolute atomic E-state index is 0.116. The Labute approximate surface area is 174 Å². The van der Waals surface area contributed by atoms with E-state index in [0.29, 0.717) is 22.0 Å². The molecular weight excluding hydrogens is 393 g/mol. The Kier molecular flexibility index (Phi) is 5.54. The minimum atomic E-state index is -0.526. The van der Waals surface area contributed by atoms with Crippen molar-refractivity contribution in [2.45, 2.75) is 24.8 Å². The van der Waals surface area contributed by atoms with Gasteiger partial charge in [0.15, 0.2) is 0 Å². The number of nitrogens with zero attached hydrogens (tertiary/aromatic N) is 2. The highest BCUT2D eigenvalue weighted by Crippen LogP contribution is 2.42. The Hall–Kier alpha value is -2.14. The van der Waals surface area contributed by atoms with Crippen molar-refractivity contribution in [3.63, 3.8) is 0 Å². The van der Waals surface area contributed by atoms with Crippen LogP contribution in [0.1, 0.15) is 29.5 Å². The highest BCUT2D eigenvalue weighted by molar-refractivity contribution is 6.42. The van der Waals surface area contributed by atoms with Gasteiger partial charge in [-0.25, -0.2) is 4.98 Å². The molecule has 0 bridgehead atoms. The molecule has 1 aliphatic rings. The normalized spacial score (nSPS) is 16.8. The molecule has 0 saturated carbocycles. The molecule has 1 aromatic heterocycles. The number of benzene rings is 2. The monoisotopic (exact) mass is 413 g/mol. The zero-order valence-electron chi connectivity index (χ0n) is 15.4. The van der Waals surface area contributed by atoms with Crippen LogP contribution >= 0.6 is 23.2 Å². The molecule has 2 heterocycles. The van der Waals surface area contributed by atoms with E-state index >= 15 is 0 Å². The number of hydrogen-bond acceptors (Lipinski definition) is 3. The molecule has 1 atom stereocenters. The van der Waals surface area contributed by atoms with Gasteiger partial charge in [0, 0.05) is 18.2 Å². The number of rotatable bonds is 5. The van der Waals surface area contributed by atoms with Gasteiger partial charge in [-0.3, -0.25) is 9.69 Å². The third kappa shape index (κ3) is 3.48. The van der Waals surface area contributed by atoms with E-state index in [1.807, 2.05) is 36.4 Å². The largest absolute Gasteiger partial charge is 0.313 e. The highest BCUT2D eigenvalue weighted by Gasteiger charge is 2.42. The van der Waals surface area contributed by atoms with Crippen LogP contribution < -0.4 is 5.56 Å². The van der Waals surface area contributed by atoms with Crippen molar-refractivity contribution in [3.8, 4) is 0 Å². The Morgan fingerprint density at radius 1 is 1.00 bits per heavy atom. The first-order valence-electron chi connectivity index (χ1n) is 9.39. The van der Waals surface area contributed by atoms with Crippen LogP contribution in [0.2, 0.25) is 10.0 Å². The summed E-state index contributed by atoms with van der Waals surface area (Å²) < 4.78 is 0. The predicted molar refractivity (Wildman–Crippen MR) is 113 cm³/mol. The predicted octanol–water partition coefficient (Wildman–Crippen LogP) is 4.66. The number of halogens is 2. The number of likely N-dealkylation sites (tertiary alicyclic amines) is 1. The maximum atomic E-state index is 12.5. The third-order valence-electron chi connectivity index (χ3n) is 5.53. The molecule has 4 rings (SSSR count). The van der Waals surface area contributed by atoms with Crippen molar-refractivity contribution in [2.75, 3.05) is 13.1 Å². The van der Waals surface area contributed by atoms with Crippen LogP contribution in [0.3, 0.4) is 0 Å². The van der Waals surface area contributed by atoms with E-state index < -0.39 is 5.54 Å². The smallest absolute Gasteiger partial charge is 0.253 e. The fourth-order valence-electron chi connectivity index (χ4n) is 4.19. The molecule has 1 fully saturated rings. The second kappa shape index (κ2) is 8.08. The average molecular weight is 414 g/mol. The van der Waals surface area contributed by atoms with E-state index in [0.717, 1.165) is 37.1 Å². The molecule has 0 spiro atoms. The molecule has 0 radical (unpaired) electrons. The van der Waals surface area contributed by atoms with E-state index in [4.69, 9.17) is 23.2 Å². The summed E-state index contributed by atoms with van der Waals surface area (Å²) in [6, 6.07) is 16.1. The van der Waals surface area contributed by atoms with Crippen LogP contribution in [0.15, 0.2) is 65.8 Å². The Bertz CT molecular complexity index is 1020. The molecule has 1 unspecified atom stereocenters. The Balaban J connectivity index is 1.97. The van der Waals surface area contributed by atoms with Crippen molar-refractivity contribution in [3.05, 3.63) is 98.1 Å². The lowest BCUT2D eigenvalue weighted by Crippen LogP contribution is -2.48. The Morgan fingerprint density at radius 3 is 2.43 bits per heavy atom. The molecule has 6 heteroatoms. The lowest BCUT2D eigenvalue weighted by atomic mass is 9.77. The van der Waals surface area contributed by atoms with Gasteiger partial charge in [0.25, 0.3) is 5.56 Å². The number of H-pyrrole nitrogens is 1. The quantitative estimate of drug-likeness (QED) is 0.661. The molecular formula is C22H21Cl2N3O. The number of aromatic nitrogens is 2. The van der Waals surface area contributed by atoms with Crippen LogP contribution in [-0.4, -0.2) is 28.0 Å². The van der Waals surface area contributed by atoms with Gasteiger partial charge in [0.2, 0.25) is 0 Å². The van der Waals surface area contributed by atoms with Gasteiger partial charge in [0.05, 0.1) is 21.9 Å². The minimum Gasteiger partial charge on any atom is -0.313 e. The maximum Gasteiger partial charge on any atom is 0.253 e. The zero-order chi connectivity index (χ0) is 19.6. The van der Waals surface area contributed by atoms with Gasteiger partial charge in [-0.2, -0.15) is 0 Å². The summed E-state index contributed by atoms with van der Waals surface area (Å²) in [7, 11) is 0.